The zero-order valence-corrected chi connectivity index (χ0v) is 25.5. The number of nitrogens with zero attached hydrogens (tertiary/aromatic N) is 2. The Balaban J connectivity index is 1.53. The van der Waals surface area contributed by atoms with Crippen LogP contribution in [0.3, 0.4) is 0 Å². The largest absolute Gasteiger partial charge is 0.496 e. The molecule has 5 nitrogen and oxygen atoms in total. The summed E-state index contributed by atoms with van der Waals surface area (Å²) in [6.07, 6.45) is -14.8. The summed E-state index contributed by atoms with van der Waals surface area (Å²) in [4.78, 5) is 15.7. The molecule has 252 valence electrons. The molecule has 0 bridgehead atoms. The lowest BCUT2D eigenvalue weighted by molar-refractivity contribution is -0.143. The van der Waals surface area contributed by atoms with Crippen LogP contribution < -0.4 is 9.64 Å². The molecule has 2 aliphatic heterocycles. The summed E-state index contributed by atoms with van der Waals surface area (Å²) in [5, 5.41) is 0. The number of fused-ring (bicyclic) bond motifs is 1. The van der Waals surface area contributed by atoms with Crippen LogP contribution in [0.4, 0.5) is 50.0 Å². The van der Waals surface area contributed by atoms with Crippen LogP contribution in [-0.4, -0.2) is 50.0 Å². The maximum absolute atomic E-state index is 13.5. The molecule has 1 saturated heterocycles. The lowest BCUT2D eigenvalue weighted by Gasteiger charge is -2.36. The number of cyclic esters (lactones) is 1. The normalized spacial score (nSPS) is 22.0. The third-order valence-corrected chi connectivity index (χ3v) is 8.95. The maximum Gasteiger partial charge on any atom is 0.416 e. The highest BCUT2D eigenvalue weighted by Gasteiger charge is 2.44. The van der Waals surface area contributed by atoms with Crippen LogP contribution in [0, 0.1) is 5.41 Å². The molecule has 3 aliphatic rings. The number of rotatable bonds is 6. The first-order chi connectivity index (χ1) is 21.2. The summed E-state index contributed by atoms with van der Waals surface area (Å²) in [5.74, 6) is 0.457. The molecule has 0 N–H and O–H groups in total. The van der Waals surface area contributed by atoms with Crippen molar-refractivity contribution in [2.24, 2.45) is 5.41 Å². The molecule has 14 heteroatoms. The average molecular weight is 665 g/mol. The second kappa shape index (κ2) is 11.6. The molecule has 1 amide bonds. The zero-order chi connectivity index (χ0) is 34.0. The van der Waals surface area contributed by atoms with E-state index in [1.165, 1.54) is 23.8 Å². The fraction of sp³-hybridized carbons (Fsp3) is 0.531. The van der Waals surface area contributed by atoms with Crippen molar-refractivity contribution in [3.05, 3.63) is 63.7 Å². The van der Waals surface area contributed by atoms with E-state index in [4.69, 9.17) is 9.47 Å². The first kappa shape index (κ1) is 33.8. The number of halogens is 9. The highest BCUT2D eigenvalue weighted by molar-refractivity contribution is 5.80. The summed E-state index contributed by atoms with van der Waals surface area (Å²) in [6.45, 7) is 4.55. The van der Waals surface area contributed by atoms with Crippen LogP contribution in [0.15, 0.2) is 35.9 Å². The molecule has 1 fully saturated rings. The van der Waals surface area contributed by atoms with Crippen LogP contribution in [0.25, 0.3) is 5.57 Å². The Morgan fingerprint density at radius 3 is 2.13 bits per heavy atom. The van der Waals surface area contributed by atoms with Gasteiger partial charge in [-0.2, -0.15) is 39.5 Å². The van der Waals surface area contributed by atoms with E-state index in [9.17, 15) is 44.3 Å². The molecule has 0 spiro atoms. The van der Waals surface area contributed by atoms with E-state index < -0.39 is 60.0 Å². The lowest BCUT2D eigenvalue weighted by atomic mass is 9.72. The molecule has 0 unspecified atom stereocenters. The molecule has 2 aromatic carbocycles. The second-order valence-corrected chi connectivity index (χ2v) is 12.9. The molecule has 2 heterocycles. The number of alkyl halides is 9. The number of benzene rings is 2. The third kappa shape index (κ3) is 6.90. The van der Waals surface area contributed by atoms with Gasteiger partial charge < -0.3 is 14.4 Å². The summed E-state index contributed by atoms with van der Waals surface area (Å²) < 4.78 is 132. The SMILES string of the molecule is COc1cc2c(cc1C1=C(CN3C(=O)O[C@H](c4cc(C(F)(F)F)cc(C(F)(F)F)c4)[C@@H]3C)CC(C)(C)CC1)N(CC(F)(F)F)CC2. The van der Waals surface area contributed by atoms with Gasteiger partial charge in [0.25, 0.3) is 0 Å². The standard InChI is InChI=1S/C32H33F9N2O3/c1-17-27(19-9-21(31(36,37)38)12-22(10-19)32(39,40)41)46-28(44)43(17)15-20-14-29(2,3)7-5-23(20)24-13-25-18(11-26(24)45-4)6-8-42(25)16-30(33,34)35/h9-13,17,27H,5-8,14-16H2,1-4H3/t17-,27-/m0/s1. The van der Waals surface area contributed by atoms with E-state index in [0.29, 0.717) is 60.4 Å². The summed E-state index contributed by atoms with van der Waals surface area (Å²) in [7, 11) is 1.45. The van der Waals surface area contributed by atoms with Crippen LogP contribution >= 0.6 is 0 Å². The Bertz CT molecular complexity index is 1510. The van der Waals surface area contributed by atoms with E-state index in [1.807, 2.05) is 13.8 Å². The second-order valence-electron chi connectivity index (χ2n) is 12.9. The molecular formula is C32H33F9N2O3. The van der Waals surface area contributed by atoms with Gasteiger partial charge in [0.2, 0.25) is 0 Å². The quantitative estimate of drug-likeness (QED) is 0.289. The van der Waals surface area contributed by atoms with Gasteiger partial charge in [-0.15, -0.1) is 0 Å². The van der Waals surface area contributed by atoms with E-state index in [1.54, 1.807) is 12.1 Å². The molecule has 2 atom stereocenters. The molecule has 2 aromatic rings. The predicted octanol–water partition coefficient (Wildman–Crippen LogP) is 9.20. The van der Waals surface area contributed by atoms with Gasteiger partial charge in [0, 0.05) is 24.3 Å². The van der Waals surface area contributed by atoms with E-state index in [2.05, 4.69) is 0 Å². The number of carbonyl (C=O) groups excluding carboxylic acids is 1. The van der Waals surface area contributed by atoms with Crippen LogP contribution in [-0.2, 0) is 23.5 Å². The monoisotopic (exact) mass is 664 g/mol. The van der Waals surface area contributed by atoms with Gasteiger partial charge in [0.05, 0.1) is 24.3 Å². The predicted molar refractivity (Wildman–Crippen MR) is 151 cm³/mol. The van der Waals surface area contributed by atoms with Crippen LogP contribution in [0.2, 0.25) is 0 Å². The first-order valence-electron chi connectivity index (χ1n) is 14.7. The van der Waals surface area contributed by atoms with Crippen molar-refractivity contribution in [3.63, 3.8) is 0 Å². The first-order valence-corrected chi connectivity index (χ1v) is 14.7. The van der Waals surface area contributed by atoms with E-state index in [-0.39, 0.29) is 24.6 Å². The number of amides is 1. The number of hydrogen-bond donors (Lipinski definition) is 0. The Morgan fingerprint density at radius 1 is 0.935 bits per heavy atom. The fourth-order valence-electron chi connectivity index (χ4n) is 6.66. The van der Waals surface area contributed by atoms with E-state index in [0.717, 1.165) is 11.1 Å². The minimum atomic E-state index is -5.07. The molecule has 5 rings (SSSR count). The number of carbonyl (C=O) groups is 1. The summed E-state index contributed by atoms with van der Waals surface area (Å²) >= 11 is 0. The molecule has 46 heavy (non-hydrogen) atoms. The number of hydrogen-bond acceptors (Lipinski definition) is 4. The molecule has 0 radical (unpaired) electrons. The van der Waals surface area contributed by atoms with Crippen molar-refractivity contribution in [2.45, 2.75) is 77.1 Å². The fourth-order valence-corrected chi connectivity index (χ4v) is 6.66. The molecule has 1 aliphatic carbocycles. The zero-order valence-electron chi connectivity index (χ0n) is 25.5. The van der Waals surface area contributed by atoms with Gasteiger partial charge in [0.1, 0.15) is 18.4 Å². The molecular weight excluding hydrogens is 631 g/mol. The number of anilines is 1. The van der Waals surface area contributed by atoms with Gasteiger partial charge >= 0.3 is 24.6 Å². The Hall–Kier alpha value is -3.58. The maximum atomic E-state index is 13.5. The van der Waals surface area contributed by atoms with Gasteiger partial charge in [-0.1, -0.05) is 13.8 Å². The number of allylic oxidation sites excluding steroid dienone is 1. The van der Waals surface area contributed by atoms with E-state index >= 15 is 0 Å². The Labute approximate surface area is 259 Å². The minimum Gasteiger partial charge on any atom is -0.496 e. The Morgan fingerprint density at radius 2 is 1.57 bits per heavy atom. The van der Waals surface area contributed by atoms with Crippen molar-refractivity contribution >= 4 is 17.4 Å². The smallest absolute Gasteiger partial charge is 0.416 e. The summed E-state index contributed by atoms with van der Waals surface area (Å²) in [5.41, 5.74) is -0.466. The Kier molecular flexibility index (Phi) is 8.51. The van der Waals surface area contributed by atoms with Gasteiger partial charge in [0.15, 0.2) is 0 Å². The highest BCUT2D eigenvalue weighted by atomic mass is 19.4. The third-order valence-electron chi connectivity index (χ3n) is 8.95. The lowest BCUT2D eigenvalue weighted by Crippen LogP contribution is -2.35. The topological polar surface area (TPSA) is 42.0 Å². The van der Waals surface area contributed by atoms with Gasteiger partial charge in [-0.3, -0.25) is 4.90 Å². The van der Waals surface area contributed by atoms with Crippen molar-refractivity contribution in [1.29, 1.82) is 0 Å². The number of ether oxygens (including phenoxy) is 2. The highest BCUT2D eigenvalue weighted by Crippen LogP contribution is 2.48. The van der Waals surface area contributed by atoms with Crippen molar-refractivity contribution in [2.75, 3.05) is 31.6 Å². The molecule has 0 saturated carbocycles. The average Bonchev–Trinajstić information content (AvgIpc) is 3.44. The number of methoxy groups -OCH3 is 1. The van der Waals surface area contributed by atoms with Crippen LogP contribution in [0.1, 0.15) is 74.0 Å². The molecule has 0 aromatic heterocycles. The van der Waals surface area contributed by atoms with Crippen molar-refractivity contribution in [3.8, 4) is 5.75 Å². The summed E-state index contributed by atoms with van der Waals surface area (Å²) in [6, 6.07) is 3.59. The van der Waals surface area contributed by atoms with Gasteiger partial charge in [-0.25, -0.2) is 4.79 Å². The van der Waals surface area contributed by atoms with Crippen molar-refractivity contribution < 1.29 is 53.8 Å². The van der Waals surface area contributed by atoms with Crippen molar-refractivity contribution in [1.82, 2.24) is 4.90 Å². The van der Waals surface area contributed by atoms with Gasteiger partial charge in [-0.05, 0) is 90.6 Å². The minimum absolute atomic E-state index is 0.0176. The van der Waals surface area contributed by atoms with Crippen LogP contribution in [0.5, 0.6) is 5.75 Å².